The summed E-state index contributed by atoms with van der Waals surface area (Å²) in [4.78, 5) is 20.2. The molecule has 32 heavy (non-hydrogen) atoms. The molecular weight excluding hydrogens is 425 g/mol. The van der Waals surface area contributed by atoms with Gasteiger partial charge in [0.25, 0.3) is 0 Å². The van der Waals surface area contributed by atoms with Crippen molar-refractivity contribution < 1.29 is 9.18 Å². The summed E-state index contributed by atoms with van der Waals surface area (Å²) in [6.45, 7) is 4.06. The highest BCUT2D eigenvalue weighted by Gasteiger charge is 2.24. The molecule has 1 saturated heterocycles. The second-order valence-electron chi connectivity index (χ2n) is 8.93. The van der Waals surface area contributed by atoms with Crippen LogP contribution in [0.3, 0.4) is 0 Å². The maximum Gasteiger partial charge on any atom is 0.227 e. The lowest BCUT2D eigenvalue weighted by molar-refractivity contribution is -0.118. The van der Waals surface area contributed by atoms with Crippen molar-refractivity contribution in [2.45, 2.75) is 44.4 Å². The molecule has 3 heterocycles. The van der Waals surface area contributed by atoms with Crippen LogP contribution in [-0.4, -0.2) is 42.0 Å². The molecule has 6 heteroatoms. The number of piperidine rings is 1. The van der Waals surface area contributed by atoms with Crippen LogP contribution < -0.4 is 4.90 Å². The van der Waals surface area contributed by atoms with Gasteiger partial charge in [-0.25, -0.2) is 4.39 Å². The highest BCUT2D eigenvalue weighted by Crippen LogP contribution is 2.33. The van der Waals surface area contributed by atoms with E-state index in [0.29, 0.717) is 12.3 Å². The zero-order valence-corrected chi connectivity index (χ0v) is 19.2. The van der Waals surface area contributed by atoms with E-state index < -0.39 is 0 Å². The number of nitrogens with one attached hydrogen (secondary N) is 1. The number of halogens is 2. The summed E-state index contributed by atoms with van der Waals surface area (Å²) in [7, 11) is 0. The average Bonchev–Trinajstić information content (AvgIpc) is 3.21. The Kier molecular flexibility index (Phi) is 7.17. The van der Waals surface area contributed by atoms with E-state index in [2.05, 4.69) is 34.3 Å². The minimum absolute atomic E-state index is 0. The van der Waals surface area contributed by atoms with Crippen molar-refractivity contribution in [1.82, 2.24) is 9.88 Å². The summed E-state index contributed by atoms with van der Waals surface area (Å²) in [5.41, 5.74) is 4.68. The summed E-state index contributed by atoms with van der Waals surface area (Å²) >= 11 is 0. The zero-order chi connectivity index (χ0) is 21.2. The molecule has 4 nitrogen and oxygen atoms in total. The number of anilines is 1. The first-order chi connectivity index (χ1) is 15.2. The number of unbranched alkanes of at least 4 members (excludes halogenated alkanes) is 1. The second kappa shape index (κ2) is 10.1. The Morgan fingerprint density at radius 2 is 1.78 bits per heavy atom. The topological polar surface area (TPSA) is 39.3 Å². The molecule has 0 saturated carbocycles. The molecule has 1 N–H and O–H groups in total. The van der Waals surface area contributed by atoms with Crippen molar-refractivity contribution in [3.05, 3.63) is 65.6 Å². The minimum Gasteiger partial charge on any atom is -0.361 e. The van der Waals surface area contributed by atoms with E-state index >= 15 is 0 Å². The number of likely N-dealkylation sites (tertiary alicyclic amines) is 1. The summed E-state index contributed by atoms with van der Waals surface area (Å²) in [5, 5.41) is 1.03. The van der Waals surface area contributed by atoms with Gasteiger partial charge in [0.2, 0.25) is 5.91 Å². The number of carbonyl (C=O) groups excluding carboxylic acids is 1. The Hall–Kier alpha value is -2.37. The van der Waals surface area contributed by atoms with Gasteiger partial charge in [0, 0.05) is 35.8 Å². The maximum absolute atomic E-state index is 13.7. The number of benzene rings is 2. The number of aromatic amines is 1. The third-order valence-corrected chi connectivity index (χ3v) is 7.00. The van der Waals surface area contributed by atoms with Crippen LogP contribution in [-0.2, 0) is 11.2 Å². The molecule has 1 fully saturated rings. The molecule has 0 bridgehead atoms. The summed E-state index contributed by atoms with van der Waals surface area (Å²) in [5.74, 6) is 0.588. The highest BCUT2D eigenvalue weighted by atomic mass is 35.5. The Morgan fingerprint density at radius 3 is 2.62 bits per heavy atom. The summed E-state index contributed by atoms with van der Waals surface area (Å²) in [6, 6.07) is 13.3. The molecule has 3 aromatic rings. The third kappa shape index (κ3) is 4.69. The molecule has 170 valence electrons. The Labute approximate surface area is 195 Å². The number of hydrogen-bond acceptors (Lipinski definition) is 2. The molecule has 1 amide bonds. The minimum atomic E-state index is -0.166. The predicted octanol–water partition coefficient (Wildman–Crippen LogP) is 5.67. The van der Waals surface area contributed by atoms with Gasteiger partial charge in [0.1, 0.15) is 5.82 Å². The van der Waals surface area contributed by atoms with Gasteiger partial charge in [0.15, 0.2) is 0 Å². The van der Waals surface area contributed by atoms with Gasteiger partial charge in [-0.3, -0.25) is 4.79 Å². The van der Waals surface area contributed by atoms with E-state index in [0.717, 1.165) is 74.9 Å². The van der Waals surface area contributed by atoms with E-state index in [1.54, 1.807) is 6.07 Å². The number of rotatable bonds is 6. The maximum atomic E-state index is 13.7. The van der Waals surface area contributed by atoms with Crippen molar-refractivity contribution in [1.29, 1.82) is 0 Å². The normalized spacial score (nSPS) is 17.4. The summed E-state index contributed by atoms with van der Waals surface area (Å²) < 4.78 is 13.7. The third-order valence-electron chi connectivity index (χ3n) is 7.00. The van der Waals surface area contributed by atoms with Crippen molar-refractivity contribution in [3.8, 4) is 0 Å². The molecule has 2 aliphatic heterocycles. The van der Waals surface area contributed by atoms with Crippen LogP contribution in [0.4, 0.5) is 10.1 Å². The summed E-state index contributed by atoms with van der Waals surface area (Å²) in [6.07, 6.45) is 7.92. The predicted molar refractivity (Wildman–Crippen MR) is 130 cm³/mol. The van der Waals surface area contributed by atoms with Gasteiger partial charge in [0.05, 0.1) is 0 Å². The lowest BCUT2D eigenvalue weighted by atomic mass is 9.89. The number of nitrogens with zero attached hydrogens (tertiary/aromatic N) is 2. The zero-order valence-electron chi connectivity index (χ0n) is 18.4. The van der Waals surface area contributed by atoms with Gasteiger partial charge >= 0.3 is 0 Å². The quantitative estimate of drug-likeness (QED) is 0.486. The first-order valence-corrected chi connectivity index (χ1v) is 11.6. The van der Waals surface area contributed by atoms with E-state index in [4.69, 9.17) is 0 Å². The Morgan fingerprint density at radius 1 is 1.00 bits per heavy atom. The Bertz CT molecular complexity index is 1070. The van der Waals surface area contributed by atoms with Gasteiger partial charge < -0.3 is 14.8 Å². The lowest BCUT2D eigenvalue weighted by Gasteiger charge is -2.32. The highest BCUT2D eigenvalue weighted by molar-refractivity contribution is 5.96. The van der Waals surface area contributed by atoms with Crippen molar-refractivity contribution in [2.75, 3.05) is 31.1 Å². The molecule has 0 spiro atoms. The number of aromatic nitrogens is 1. The van der Waals surface area contributed by atoms with Crippen molar-refractivity contribution >= 4 is 34.9 Å². The van der Waals surface area contributed by atoms with Crippen LogP contribution in [0.2, 0.25) is 0 Å². The lowest BCUT2D eigenvalue weighted by Crippen LogP contribution is -2.37. The number of carbonyl (C=O) groups is 1. The van der Waals surface area contributed by atoms with E-state index in [1.807, 2.05) is 17.0 Å². The van der Waals surface area contributed by atoms with E-state index in [-0.39, 0.29) is 24.1 Å². The average molecular weight is 456 g/mol. The molecule has 2 aliphatic rings. The van der Waals surface area contributed by atoms with Gasteiger partial charge in [-0.2, -0.15) is 0 Å². The Balaban J connectivity index is 0.00000245. The van der Waals surface area contributed by atoms with Crippen LogP contribution >= 0.6 is 12.4 Å². The smallest absolute Gasteiger partial charge is 0.227 e. The molecule has 5 rings (SSSR count). The number of para-hydroxylation sites is 1. The van der Waals surface area contributed by atoms with Crippen molar-refractivity contribution in [3.63, 3.8) is 0 Å². The standard InChI is InChI=1S/C26H30FN3O.ClH/c27-21-8-9-24-22(17-21)23(18-28-24)19-11-15-29(16-12-19)13-3-4-14-30-25-6-2-1-5-20(25)7-10-26(30)31;/h1-2,5-6,8-9,17-19,28H,3-4,7,10-16H2;1H. The van der Waals surface area contributed by atoms with E-state index in [1.165, 1.54) is 17.2 Å². The van der Waals surface area contributed by atoms with Crippen LogP contribution in [0.15, 0.2) is 48.7 Å². The van der Waals surface area contributed by atoms with Gasteiger partial charge in [-0.1, -0.05) is 18.2 Å². The molecule has 2 aromatic carbocycles. The number of fused-ring (bicyclic) bond motifs is 2. The molecule has 1 aromatic heterocycles. The molecular formula is C26H31ClFN3O. The van der Waals surface area contributed by atoms with Crippen LogP contribution in [0.25, 0.3) is 10.9 Å². The number of aryl methyl sites for hydroxylation is 1. The van der Waals surface area contributed by atoms with Crippen LogP contribution in [0.5, 0.6) is 0 Å². The van der Waals surface area contributed by atoms with Gasteiger partial charge in [-0.05, 0) is 93.0 Å². The second-order valence-corrected chi connectivity index (χ2v) is 8.93. The number of H-pyrrole nitrogens is 1. The monoisotopic (exact) mass is 455 g/mol. The van der Waals surface area contributed by atoms with Crippen molar-refractivity contribution in [2.24, 2.45) is 0 Å². The fourth-order valence-electron chi connectivity index (χ4n) is 5.27. The van der Waals surface area contributed by atoms with Crippen LogP contribution in [0.1, 0.15) is 49.1 Å². The fourth-order valence-corrected chi connectivity index (χ4v) is 5.27. The SMILES string of the molecule is Cl.O=C1CCc2ccccc2N1CCCCN1CCC(c2c[nH]c3ccc(F)cc23)CC1. The number of hydrogen-bond donors (Lipinski definition) is 1. The van der Waals surface area contributed by atoms with Gasteiger partial charge in [-0.15, -0.1) is 12.4 Å². The molecule has 0 aliphatic carbocycles. The number of amides is 1. The van der Waals surface area contributed by atoms with Crippen LogP contribution in [0, 0.1) is 5.82 Å². The first kappa shape index (κ1) is 22.8. The largest absolute Gasteiger partial charge is 0.361 e. The molecule has 0 unspecified atom stereocenters. The fraction of sp³-hybridized carbons (Fsp3) is 0.423. The molecule has 0 radical (unpaired) electrons. The van der Waals surface area contributed by atoms with E-state index in [9.17, 15) is 9.18 Å². The molecule has 0 atom stereocenters. The first-order valence-electron chi connectivity index (χ1n) is 11.6.